The molecule has 7 nitrogen and oxygen atoms in total. The van der Waals surface area contributed by atoms with Crippen molar-refractivity contribution in [1.29, 1.82) is 0 Å². The third-order valence-corrected chi connectivity index (χ3v) is 4.34. The first-order valence-electron chi connectivity index (χ1n) is 7.70. The Kier molecular flexibility index (Phi) is 4.67. The molecule has 2 bridgehead atoms. The molecule has 1 saturated heterocycles. The molecule has 2 aliphatic rings. The number of rotatable bonds is 3. The van der Waals surface area contributed by atoms with Crippen LogP contribution in [0.15, 0.2) is 0 Å². The van der Waals surface area contributed by atoms with Crippen molar-refractivity contribution in [3.05, 3.63) is 0 Å². The van der Waals surface area contributed by atoms with E-state index in [1.165, 1.54) is 0 Å². The van der Waals surface area contributed by atoms with Crippen LogP contribution in [0.4, 0.5) is 4.79 Å². The highest BCUT2D eigenvalue weighted by Gasteiger charge is 2.59. The van der Waals surface area contributed by atoms with Crippen molar-refractivity contribution in [1.82, 2.24) is 5.32 Å². The van der Waals surface area contributed by atoms with E-state index in [2.05, 4.69) is 5.32 Å². The van der Waals surface area contributed by atoms with Gasteiger partial charge in [-0.15, -0.1) is 0 Å². The minimum Gasteiger partial charge on any atom is -0.460 e. The number of ether oxygens (including phenoxy) is 2. The standard InChI is InChI=1S/C15H25NO6/c1-14(2,3)22-13(20)16-15-7-4-5-10(9(15)6-8-17)21-12(19)11(15)18/h9-11,17-18H,4-8H2,1-3H3,(H,16,20)/t9-,10+,11-,15+/m1/s1. The van der Waals surface area contributed by atoms with Crippen LogP contribution in [0.5, 0.6) is 0 Å². The van der Waals surface area contributed by atoms with Crippen LogP contribution in [0.1, 0.15) is 46.5 Å². The predicted octanol–water partition coefficient (Wildman–Crippen LogP) is 0.719. The van der Waals surface area contributed by atoms with Gasteiger partial charge in [0.25, 0.3) is 0 Å². The Morgan fingerprint density at radius 3 is 2.77 bits per heavy atom. The van der Waals surface area contributed by atoms with Crippen molar-refractivity contribution in [3.63, 3.8) is 0 Å². The molecular weight excluding hydrogens is 290 g/mol. The van der Waals surface area contributed by atoms with Gasteiger partial charge in [-0.1, -0.05) is 0 Å². The lowest BCUT2D eigenvalue weighted by Crippen LogP contribution is -2.71. The van der Waals surface area contributed by atoms with Crippen LogP contribution in [0.25, 0.3) is 0 Å². The van der Waals surface area contributed by atoms with E-state index in [0.717, 1.165) is 0 Å². The summed E-state index contributed by atoms with van der Waals surface area (Å²) in [6.07, 6.45) is -0.355. The van der Waals surface area contributed by atoms with Crippen LogP contribution in [0, 0.1) is 5.92 Å². The van der Waals surface area contributed by atoms with Crippen molar-refractivity contribution in [2.75, 3.05) is 6.61 Å². The fourth-order valence-corrected chi connectivity index (χ4v) is 3.52. The Morgan fingerprint density at radius 1 is 1.50 bits per heavy atom. The maximum atomic E-state index is 12.2. The predicted molar refractivity (Wildman–Crippen MR) is 77.0 cm³/mol. The Morgan fingerprint density at radius 2 is 2.18 bits per heavy atom. The molecule has 0 aromatic rings. The second-order valence-corrected chi connectivity index (χ2v) is 7.06. The number of fused-ring (bicyclic) bond motifs is 2. The van der Waals surface area contributed by atoms with E-state index in [0.29, 0.717) is 25.7 Å². The van der Waals surface area contributed by atoms with Crippen molar-refractivity contribution in [2.24, 2.45) is 5.92 Å². The first-order chi connectivity index (χ1) is 10.2. The molecule has 1 saturated carbocycles. The van der Waals surface area contributed by atoms with Crippen molar-refractivity contribution >= 4 is 12.1 Å². The van der Waals surface area contributed by atoms with Gasteiger partial charge in [0.2, 0.25) is 0 Å². The topological polar surface area (TPSA) is 105 Å². The summed E-state index contributed by atoms with van der Waals surface area (Å²) in [7, 11) is 0. The molecule has 3 N–H and O–H groups in total. The summed E-state index contributed by atoms with van der Waals surface area (Å²) in [5.74, 6) is -1.05. The second-order valence-electron chi connectivity index (χ2n) is 7.06. The number of aliphatic hydroxyl groups excluding tert-OH is 2. The summed E-state index contributed by atoms with van der Waals surface area (Å²) in [5.41, 5.74) is -1.81. The van der Waals surface area contributed by atoms with Gasteiger partial charge in [-0.05, 0) is 46.5 Å². The summed E-state index contributed by atoms with van der Waals surface area (Å²) < 4.78 is 10.5. The molecule has 2 rings (SSSR count). The summed E-state index contributed by atoms with van der Waals surface area (Å²) in [4.78, 5) is 24.1. The van der Waals surface area contributed by atoms with E-state index in [9.17, 15) is 19.8 Å². The number of hydrogen-bond acceptors (Lipinski definition) is 6. The normalized spacial score (nSPS) is 34.8. The third-order valence-electron chi connectivity index (χ3n) is 4.34. The number of esters is 1. The van der Waals surface area contributed by atoms with Gasteiger partial charge in [0.05, 0.1) is 5.54 Å². The maximum absolute atomic E-state index is 12.2. The molecule has 0 spiro atoms. The van der Waals surface area contributed by atoms with Gasteiger partial charge < -0.3 is 25.0 Å². The molecule has 1 aliphatic heterocycles. The van der Waals surface area contributed by atoms with Crippen LogP contribution < -0.4 is 5.32 Å². The maximum Gasteiger partial charge on any atom is 0.408 e. The average Bonchev–Trinajstić information content (AvgIpc) is 2.37. The van der Waals surface area contributed by atoms with E-state index >= 15 is 0 Å². The lowest BCUT2D eigenvalue weighted by atomic mass is 9.65. The van der Waals surface area contributed by atoms with Crippen LogP contribution >= 0.6 is 0 Å². The zero-order valence-corrected chi connectivity index (χ0v) is 13.3. The van der Waals surface area contributed by atoms with Gasteiger partial charge >= 0.3 is 12.1 Å². The SMILES string of the molecule is CC(C)(C)OC(=O)N[C@]12CCC[C@H](OC(=O)[C@H]1O)[C@H]2CCO. The molecule has 1 aliphatic carbocycles. The monoisotopic (exact) mass is 315 g/mol. The van der Waals surface area contributed by atoms with Gasteiger partial charge in [-0.3, -0.25) is 0 Å². The van der Waals surface area contributed by atoms with Crippen molar-refractivity contribution in [3.8, 4) is 0 Å². The number of hydrogen-bond donors (Lipinski definition) is 3. The molecule has 1 heterocycles. The Labute approximate surface area is 130 Å². The van der Waals surface area contributed by atoms with Gasteiger partial charge in [-0.25, -0.2) is 9.59 Å². The summed E-state index contributed by atoms with van der Waals surface area (Å²) >= 11 is 0. The van der Waals surface area contributed by atoms with Gasteiger partial charge in [0.1, 0.15) is 11.7 Å². The summed E-state index contributed by atoms with van der Waals surface area (Å²) in [6, 6.07) is 0. The fraction of sp³-hybridized carbons (Fsp3) is 0.867. The average molecular weight is 315 g/mol. The Bertz CT molecular complexity index is 446. The minimum absolute atomic E-state index is 0.108. The molecular formula is C15H25NO6. The molecule has 0 radical (unpaired) electrons. The van der Waals surface area contributed by atoms with Gasteiger partial charge in [0.15, 0.2) is 6.10 Å². The fourth-order valence-electron chi connectivity index (χ4n) is 3.52. The lowest BCUT2D eigenvalue weighted by Gasteiger charge is -2.52. The molecule has 22 heavy (non-hydrogen) atoms. The van der Waals surface area contributed by atoms with E-state index in [4.69, 9.17) is 9.47 Å². The Hall–Kier alpha value is -1.34. The van der Waals surface area contributed by atoms with E-state index in [1.54, 1.807) is 20.8 Å². The van der Waals surface area contributed by atoms with E-state index in [1.807, 2.05) is 0 Å². The molecule has 0 unspecified atom stereocenters. The Balaban J connectivity index is 2.26. The molecule has 7 heteroatoms. The minimum atomic E-state index is -1.45. The molecule has 4 atom stereocenters. The second kappa shape index (κ2) is 6.04. The first kappa shape index (κ1) is 17.0. The molecule has 126 valence electrons. The molecule has 2 fully saturated rings. The number of carbonyl (C=O) groups excluding carboxylic acids is 2. The smallest absolute Gasteiger partial charge is 0.408 e. The number of nitrogens with one attached hydrogen (secondary N) is 1. The number of alkyl carbamates (subject to hydrolysis) is 1. The van der Waals surface area contributed by atoms with Crippen LogP contribution in [-0.4, -0.2) is 52.2 Å². The number of aliphatic hydroxyl groups is 2. The highest BCUT2D eigenvalue weighted by molar-refractivity contribution is 5.80. The number of amides is 1. The molecule has 0 aromatic heterocycles. The first-order valence-corrected chi connectivity index (χ1v) is 7.70. The van der Waals surface area contributed by atoms with Gasteiger partial charge in [0, 0.05) is 12.5 Å². The van der Waals surface area contributed by atoms with Crippen molar-refractivity contribution < 1.29 is 29.3 Å². The summed E-state index contributed by atoms with van der Waals surface area (Å²) in [6.45, 7) is 5.11. The van der Waals surface area contributed by atoms with Crippen LogP contribution in [0.2, 0.25) is 0 Å². The van der Waals surface area contributed by atoms with Crippen LogP contribution in [-0.2, 0) is 14.3 Å². The molecule has 0 aromatic carbocycles. The highest BCUT2D eigenvalue weighted by atomic mass is 16.6. The lowest BCUT2D eigenvalue weighted by molar-refractivity contribution is -0.196. The zero-order chi connectivity index (χ0) is 16.5. The van der Waals surface area contributed by atoms with Crippen LogP contribution in [0.3, 0.4) is 0 Å². The largest absolute Gasteiger partial charge is 0.460 e. The van der Waals surface area contributed by atoms with E-state index in [-0.39, 0.29) is 12.5 Å². The highest BCUT2D eigenvalue weighted by Crippen LogP contribution is 2.44. The third kappa shape index (κ3) is 3.20. The van der Waals surface area contributed by atoms with Crippen molar-refractivity contribution in [2.45, 2.75) is 69.8 Å². The number of carbonyl (C=O) groups is 2. The zero-order valence-electron chi connectivity index (χ0n) is 13.3. The molecule has 1 amide bonds. The quantitative estimate of drug-likeness (QED) is 0.663. The van der Waals surface area contributed by atoms with E-state index < -0.39 is 35.4 Å². The van der Waals surface area contributed by atoms with Gasteiger partial charge in [-0.2, -0.15) is 0 Å². The summed E-state index contributed by atoms with van der Waals surface area (Å²) in [5, 5.41) is 22.4.